The number of nitrogens with one attached hydrogen (secondary N) is 1. The Hall–Kier alpha value is -1.22. The van der Waals surface area contributed by atoms with Crippen molar-refractivity contribution in [2.75, 3.05) is 11.2 Å². The van der Waals surface area contributed by atoms with E-state index in [0.29, 0.717) is 11.9 Å². The summed E-state index contributed by atoms with van der Waals surface area (Å²) in [6.45, 7) is 2.30. The molecule has 0 amide bonds. The Kier molecular flexibility index (Phi) is 3.40. The molecule has 0 unspecified atom stereocenters. The van der Waals surface area contributed by atoms with Crippen LogP contribution in [0, 0.1) is 5.92 Å². The number of anilines is 1. The number of hydrogen-bond donors (Lipinski definition) is 1. The molecule has 1 N–H and O–H groups in total. The summed E-state index contributed by atoms with van der Waals surface area (Å²) in [6, 6.07) is 8.41. The molecule has 1 heterocycles. The number of nitrogens with zero attached hydrogens (tertiary/aromatic N) is 1. The average Bonchev–Trinajstić information content (AvgIpc) is 2.83. The molecular weight excluding hydrogens is 260 g/mol. The Balaban J connectivity index is 1.82. The van der Waals surface area contributed by atoms with Gasteiger partial charge in [-0.1, -0.05) is 19.1 Å². The molecule has 1 aliphatic carbocycles. The molecule has 0 spiro atoms. The van der Waals surface area contributed by atoms with Gasteiger partial charge in [-0.25, -0.2) is 0 Å². The quantitative estimate of drug-likeness (QED) is 0.844. The molecule has 1 fully saturated rings. The van der Waals surface area contributed by atoms with E-state index in [0.717, 1.165) is 29.9 Å². The number of fused-ring (bicyclic) bond motifs is 1. The SMILES string of the molecule is CC1CCC(CCl)(Nc2nc3ccccc3o2)CC1. The Morgan fingerprint density at radius 1 is 1.37 bits per heavy atom. The molecule has 0 radical (unpaired) electrons. The van der Waals surface area contributed by atoms with Gasteiger partial charge in [-0.3, -0.25) is 0 Å². The summed E-state index contributed by atoms with van der Waals surface area (Å²) in [6.07, 6.45) is 4.58. The zero-order chi connectivity index (χ0) is 13.3. The Morgan fingerprint density at radius 3 is 2.79 bits per heavy atom. The van der Waals surface area contributed by atoms with E-state index in [4.69, 9.17) is 16.0 Å². The van der Waals surface area contributed by atoms with Crippen LogP contribution in [-0.2, 0) is 0 Å². The first-order valence-electron chi connectivity index (χ1n) is 6.90. The highest BCUT2D eigenvalue weighted by Gasteiger charge is 2.34. The second-order valence-corrected chi connectivity index (χ2v) is 5.98. The van der Waals surface area contributed by atoms with Crippen molar-refractivity contribution >= 4 is 28.7 Å². The van der Waals surface area contributed by atoms with Crippen molar-refractivity contribution in [2.24, 2.45) is 5.92 Å². The largest absolute Gasteiger partial charge is 0.424 e. The van der Waals surface area contributed by atoms with Crippen molar-refractivity contribution in [3.8, 4) is 0 Å². The van der Waals surface area contributed by atoms with Crippen molar-refractivity contribution in [3.05, 3.63) is 24.3 Å². The highest BCUT2D eigenvalue weighted by atomic mass is 35.5. The van der Waals surface area contributed by atoms with E-state index in [2.05, 4.69) is 17.2 Å². The van der Waals surface area contributed by atoms with Crippen LogP contribution in [0.3, 0.4) is 0 Å². The fraction of sp³-hybridized carbons (Fsp3) is 0.533. The van der Waals surface area contributed by atoms with E-state index in [-0.39, 0.29) is 5.54 Å². The maximum Gasteiger partial charge on any atom is 0.296 e. The number of aromatic nitrogens is 1. The lowest BCUT2D eigenvalue weighted by atomic mass is 9.78. The van der Waals surface area contributed by atoms with Crippen LogP contribution in [0.1, 0.15) is 32.6 Å². The second kappa shape index (κ2) is 5.04. The third-order valence-corrected chi connectivity index (χ3v) is 4.66. The normalized spacial score (nSPS) is 27.6. The molecule has 3 rings (SSSR count). The van der Waals surface area contributed by atoms with Crippen LogP contribution in [0.25, 0.3) is 11.1 Å². The first kappa shape index (κ1) is 12.8. The number of hydrogen-bond acceptors (Lipinski definition) is 3. The molecule has 102 valence electrons. The molecule has 1 aromatic carbocycles. The Morgan fingerprint density at radius 2 is 2.11 bits per heavy atom. The van der Waals surface area contributed by atoms with Gasteiger partial charge in [-0.05, 0) is 43.7 Å². The maximum atomic E-state index is 6.20. The van der Waals surface area contributed by atoms with Crippen LogP contribution in [0.15, 0.2) is 28.7 Å². The van der Waals surface area contributed by atoms with E-state index in [1.54, 1.807) is 0 Å². The van der Waals surface area contributed by atoms with Crippen molar-refractivity contribution in [1.29, 1.82) is 0 Å². The molecule has 3 nitrogen and oxygen atoms in total. The van der Waals surface area contributed by atoms with Crippen LogP contribution in [0.2, 0.25) is 0 Å². The van der Waals surface area contributed by atoms with Crippen molar-refractivity contribution < 1.29 is 4.42 Å². The Bertz CT molecular complexity index is 525. The number of para-hydroxylation sites is 2. The topological polar surface area (TPSA) is 38.1 Å². The lowest BCUT2D eigenvalue weighted by Crippen LogP contribution is -2.43. The van der Waals surface area contributed by atoms with Crippen LogP contribution in [-0.4, -0.2) is 16.4 Å². The number of rotatable bonds is 3. The van der Waals surface area contributed by atoms with Crippen molar-refractivity contribution in [3.63, 3.8) is 0 Å². The van der Waals surface area contributed by atoms with Gasteiger partial charge in [0.1, 0.15) is 5.52 Å². The smallest absolute Gasteiger partial charge is 0.296 e. The van der Waals surface area contributed by atoms with Gasteiger partial charge in [0.2, 0.25) is 0 Å². The molecule has 19 heavy (non-hydrogen) atoms. The first-order valence-corrected chi connectivity index (χ1v) is 7.44. The standard InChI is InChI=1S/C15H19ClN2O/c1-11-6-8-15(10-16,9-7-11)18-14-17-12-4-2-3-5-13(12)19-14/h2-5,11H,6-10H2,1H3,(H,17,18). The van der Waals surface area contributed by atoms with E-state index >= 15 is 0 Å². The third-order valence-electron chi connectivity index (χ3n) is 4.15. The van der Waals surface area contributed by atoms with Crippen molar-refractivity contribution in [1.82, 2.24) is 4.98 Å². The zero-order valence-electron chi connectivity index (χ0n) is 11.2. The molecule has 0 aliphatic heterocycles. The number of alkyl halides is 1. The fourth-order valence-electron chi connectivity index (χ4n) is 2.76. The predicted octanol–water partition coefficient (Wildman–Crippen LogP) is 4.43. The van der Waals surface area contributed by atoms with E-state index in [9.17, 15) is 0 Å². The van der Waals surface area contributed by atoms with Crippen LogP contribution in [0.4, 0.5) is 6.01 Å². The van der Waals surface area contributed by atoms with E-state index < -0.39 is 0 Å². The first-order chi connectivity index (χ1) is 9.21. The molecule has 1 aromatic heterocycles. The summed E-state index contributed by atoms with van der Waals surface area (Å²) in [5, 5.41) is 3.44. The van der Waals surface area contributed by atoms with E-state index in [1.807, 2.05) is 24.3 Å². The van der Waals surface area contributed by atoms with Crippen molar-refractivity contribution in [2.45, 2.75) is 38.1 Å². The lowest BCUT2D eigenvalue weighted by Gasteiger charge is -2.38. The second-order valence-electron chi connectivity index (χ2n) is 5.71. The highest BCUT2D eigenvalue weighted by Crippen LogP contribution is 2.35. The van der Waals surface area contributed by atoms with Crippen LogP contribution >= 0.6 is 11.6 Å². The van der Waals surface area contributed by atoms with Crippen LogP contribution in [0.5, 0.6) is 0 Å². The lowest BCUT2D eigenvalue weighted by molar-refractivity contribution is 0.282. The van der Waals surface area contributed by atoms with Crippen LogP contribution < -0.4 is 5.32 Å². The molecule has 0 saturated heterocycles. The Labute approximate surface area is 118 Å². The number of oxazole rings is 1. The van der Waals surface area contributed by atoms with Gasteiger partial charge >= 0.3 is 0 Å². The molecule has 1 saturated carbocycles. The minimum absolute atomic E-state index is 0.0606. The number of benzene rings is 1. The van der Waals surface area contributed by atoms with Gasteiger partial charge in [0.05, 0.1) is 5.54 Å². The molecule has 0 bridgehead atoms. The van der Waals surface area contributed by atoms with Gasteiger partial charge in [0, 0.05) is 5.88 Å². The summed E-state index contributed by atoms with van der Waals surface area (Å²) >= 11 is 6.20. The minimum atomic E-state index is -0.0606. The van der Waals surface area contributed by atoms with E-state index in [1.165, 1.54) is 12.8 Å². The predicted molar refractivity (Wildman–Crippen MR) is 78.7 cm³/mol. The molecule has 0 atom stereocenters. The highest BCUT2D eigenvalue weighted by molar-refractivity contribution is 6.18. The summed E-state index contributed by atoms with van der Waals surface area (Å²) < 4.78 is 5.74. The van der Waals surface area contributed by atoms with Gasteiger partial charge in [-0.15, -0.1) is 11.6 Å². The minimum Gasteiger partial charge on any atom is -0.424 e. The summed E-state index contributed by atoms with van der Waals surface area (Å²) in [4.78, 5) is 4.48. The summed E-state index contributed by atoms with van der Waals surface area (Å²) in [5.41, 5.74) is 1.65. The monoisotopic (exact) mass is 278 g/mol. The maximum absolute atomic E-state index is 6.20. The summed E-state index contributed by atoms with van der Waals surface area (Å²) in [7, 11) is 0. The fourth-order valence-corrected chi connectivity index (χ4v) is 3.09. The third kappa shape index (κ3) is 2.57. The summed E-state index contributed by atoms with van der Waals surface area (Å²) in [5.74, 6) is 1.39. The zero-order valence-corrected chi connectivity index (χ0v) is 11.9. The number of halogens is 1. The van der Waals surface area contributed by atoms with Gasteiger partial charge in [-0.2, -0.15) is 4.98 Å². The molecular formula is C15H19ClN2O. The van der Waals surface area contributed by atoms with Gasteiger partial charge < -0.3 is 9.73 Å². The van der Waals surface area contributed by atoms with Gasteiger partial charge in [0.15, 0.2) is 5.58 Å². The molecule has 2 aromatic rings. The molecule has 4 heteroatoms. The van der Waals surface area contributed by atoms with Gasteiger partial charge in [0.25, 0.3) is 6.01 Å². The average molecular weight is 279 g/mol. The molecule has 1 aliphatic rings.